The van der Waals surface area contributed by atoms with Crippen LogP contribution in [0.25, 0.3) is 0 Å². The summed E-state index contributed by atoms with van der Waals surface area (Å²) in [6.45, 7) is 2.29. The molecule has 0 aromatic rings. The molecule has 2 saturated carbocycles. The first-order valence-corrected chi connectivity index (χ1v) is 4.47. The molecule has 2 rings (SSSR count). The van der Waals surface area contributed by atoms with E-state index < -0.39 is 0 Å². The fraction of sp³-hybridized carbons (Fsp3) is 1.00. The minimum atomic E-state index is 0.510. The minimum absolute atomic E-state index is 0.510. The van der Waals surface area contributed by atoms with Crippen LogP contribution in [-0.2, 0) is 0 Å². The fourth-order valence-electron chi connectivity index (χ4n) is 2.18. The Labute approximate surface area is 63.0 Å². The van der Waals surface area contributed by atoms with Crippen LogP contribution in [-0.4, -0.2) is 6.04 Å². The third-order valence-electron chi connectivity index (χ3n) is 3.49. The highest BCUT2D eigenvalue weighted by molar-refractivity contribution is 4.99. The van der Waals surface area contributed by atoms with Gasteiger partial charge in [-0.05, 0) is 43.4 Å². The second-order valence-corrected chi connectivity index (χ2v) is 4.38. The van der Waals surface area contributed by atoms with Gasteiger partial charge in [-0.25, -0.2) is 0 Å². The van der Waals surface area contributed by atoms with Crippen LogP contribution in [0.3, 0.4) is 0 Å². The van der Waals surface area contributed by atoms with E-state index in [1.165, 1.54) is 32.1 Å². The topological polar surface area (TPSA) is 26.0 Å². The molecule has 0 aliphatic heterocycles. The molecule has 0 saturated heterocycles. The van der Waals surface area contributed by atoms with Gasteiger partial charge in [0.15, 0.2) is 0 Å². The van der Waals surface area contributed by atoms with Gasteiger partial charge in [0, 0.05) is 6.04 Å². The summed E-state index contributed by atoms with van der Waals surface area (Å²) in [7, 11) is 0. The molecule has 1 spiro atoms. The van der Waals surface area contributed by atoms with Crippen LogP contribution in [0.2, 0.25) is 0 Å². The molecule has 1 heteroatoms. The van der Waals surface area contributed by atoms with Gasteiger partial charge in [-0.1, -0.05) is 6.92 Å². The lowest BCUT2D eigenvalue weighted by atomic mass is 9.77. The molecule has 2 N–H and O–H groups in total. The second-order valence-electron chi connectivity index (χ2n) is 4.38. The molecule has 0 aromatic heterocycles. The summed E-state index contributed by atoms with van der Waals surface area (Å²) in [6, 6.07) is 0.510. The van der Waals surface area contributed by atoms with Crippen LogP contribution >= 0.6 is 0 Å². The molecule has 0 heterocycles. The molecule has 0 amide bonds. The van der Waals surface area contributed by atoms with E-state index in [1.54, 1.807) is 0 Å². The predicted octanol–water partition coefficient (Wildman–Crippen LogP) is 1.91. The molecule has 2 aliphatic rings. The zero-order chi connectivity index (χ0) is 7.19. The van der Waals surface area contributed by atoms with E-state index in [-0.39, 0.29) is 0 Å². The lowest BCUT2D eigenvalue weighted by molar-refractivity contribution is 0.235. The van der Waals surface area contributed by atoms with Crippen LogP contribution in [0, 0.1) is 11.3 Å². The largest absolute Gasteiger partial charge is 0.327 e. The summed E-state index contributed by atoms with van der Waals surface area (Å²) >= 11 is 0. The summed E-state index contributed by atoms with van der Waals surface area (Å²) in [6.07, 6.45) is 7.08. The first-order valence-electron chi connectivity index (χ1n) is 4.47. The fourth-order valence-corrected chi connectivity index (χ4v) is 2.18. The van der Waals surface area contributed by atoms with Crippen molar-refractivity contribution in [2.45, 2.75) is 45.1 Å². The second kappa shape index (κ2) is 1.97. The monoisotopic (exact) mass is 139 g/mol. The first kappa shape index (κ1) is 6.66. The van der Waals surface area contributed by atoms with Gasteiger partial charge in [-0.15, -0.1) is 0 Å². The minimum Gasteiger partial charge on any atom is -0.327 e. The highest BCUT2D eigenvalue weighted by Gasteiger charge is 2.46. The van der Waals surface area contributed by atoms with Crippen LogP contribution in [0.15, 0.2) is 0 Å². The normalized spacial score (nSPS) is 43.8. The van der Waals surface area contributed by atoms with Gasteiger partial charge >= 0.3 is 0 Å². The van der Waals surface area contributed by atoms with Crippen molar-refractivity contribution in [3.05, 3.63) is 0 Å². The summed E-state index contributed by atoms with van der Waals surface area (Å²) in [4.78, 5) is 0. The molecule has 10 heavy (non-hydrogen) atoms. The molecule has 0 unspecified atom stereocenters. The lowest BCUT2D eigenvalue weighted by Crippen LogP contribution is -2.35. The maximum atomic E-state index is 5.99. The van der Waals surface area contributed by atoms with Gasteiger partial charge in [-0.3, -0.25) is 0 Å². The highest BCUT2D eigenvalue weighted by Crippen LogP contribution is 2.56. The summed E-state index contributed by atoms with van der Waals surface area (Å²) in [5.74, 6) is 0.784. The first-order chi connectivity index (χ1) is 4.72. The van der Waals surface area contributed by atoms with E-state index >= 15 is 0 Å². The average Bonchev–Trinajstić information content (AvgIpc) is 2.62. The maximum absolute atomic E-state index is 5.99. The molecule has 1 nitrogen and oxygen atoms in total. The van der Waals surface area contributed by atoms with Crippen LogP contribution < -0.4 is 5.73 Å². The predicted molar refractivity (Wildman–Crippen MR) is 42.7 cm³/mol. The van der Waals surface area contributed by atoms with Crippen molar-refractivity contribution in [3.8, 4) is 0 Å². The van der Waals surface area contributed by atoms with Gasteiger partial charge < -0.3 is 5.73 Å². The Morgan fingerprint density at radius 2 is 2.00 bits per heavy atom. The van der Waals surface area contributed by atoms with E-state index in [0.717, 1.165) is 11.3 Å². The third-order valence-corrected chi connectivity index (χ3v) is 3.49. The van der Waals surface area contributed by atoms with E-state index in [0.29, 0.717) is 6.04 Å². The summed E-state index contributed by atoms with van der Waals surface area (Å²) in [5.41, 5.74) is 6.75. The molecule has 2 aliphatic carbocycles. The Morgan fingerprint density at radius 1 is 1.30 bits per heavy atom. The molecule has 2 fully saturated rings. The molecule has 0 radical (unpaired) electrons. The van der Waals surface area contributed by atoms with Crippen molar-refractivity contribution < 1.29 is 0 Å². The molecule has 0 aromatic carbocycles. The smallest absolute Gasteiger partial charge is 0.00698 e. The Hall–Kier alpha value is -0.0400. The Morgan fingerprint density at radius 3 is 2.50 bits per heavy atom. The number of nitrogens with two attached hydrogens (primary N) is 1. The quantitative estimate of drug-likeness (QED) is 0.545. The van der Waals surface area contributed by atoms with Gasteiger partial charge in [-0.2, -0.15) is 0 Å². The van der Waals surface area contributed by atoms with E-state index in [9.17, 15) is 0 Å². The molecule has 58 valence electrons. The van der Waals surface area contributed by atoms with Crippen molar-refractivity contribution >= 4 is 0 Å². The van der Waals surface area contributed by atoms with E-state index in [2.05, 4.69) is 6.92 Å². The Balaban J connectivity index is 1.98. The molecule has 2 atom stereocenters. The molecular weight excluding hydrogens is 122 g/mol. The standard InChI is InChI=1S/C9H17N/c1-7-2-3-9(4-5-9)6-8(7)10/h7-8H,2-6,10H2,1H3/t7-,8+/m1/s1. The van der Waals surface area contributed by atoms with Crippen molar-refractivity contribution in [1.29, 1.82) is 0 Å². The van der Waals surface area contributed by atoms with Crippen molar-refractivity contribution in [3.63, 3.8) is 0 Å². The molecule has 0 bridgehead atoms. The number of hydrogen-bond donors (Lipinski definition) is 1. The SMILES string of the molecule is C[C@@H]1CCC2(CC2)C[C@@H]1N. The highest BCUT2D eigenvalue weighted by atomic mass is 14.7. The maximum Gasteiger partial charge on any atom is 0.00698 e. The average molecular weight is 139 g/mol. The number of hydrogen-bond acceptors (Lipinski definition) is 1. The van der Waals surface area contributed by atoms with Crippen molar-refractivity contribution in [1.82, 2.24) is 0 Å². The zero-order valence-electron chi connectivity index (χ0n) is 6.77. The van der Waals surface area contributed by atoms with Gasteiger partial charge in [0.05, 0.1) is 0 Å². The Kier molecular flexibility index (Phi) is 1.31. The summed E-state index contributed by atoms with van der Waals surface area (Å²) < 4.78 is 0. The van der Waals surface area contributed by atoms with Crippen molar-refractivity contribution in [2.75, 3.05) is 0 Å². The Bertz CT molecular complexity index is 138. The van der Waals surface area contributed by atoms with Crippen molar-refractivity contribution in [2.24, 2.45) is 17.1 Å². The third kappa shape index (κ3) is 0.968. The van der Waals surface area contributed by atoms with Gasteiger partial charge in [0.1, 0.15) is 0 Å². The summed E-state index contributed by atoms with van der Waals surface area (Å²) in [5, 5.41) is 0. The van der Waals surface area contributed by atoms with E-state index in [1.807, 2.05) is 0 Å². The van der Waals surface area contributed by atoms with Crippen LogP contribution in [0.5, 0.6) is 0 Å². The van der Waals surface area contributed by atoms with Crippen LogP contribution in [0.1, 0.15) is 39.0 Å². The lowest BCUT2D eigenvalue weighted by Gasteiger charge is -2.31. The van der Waals surface area contributed by atoms with E-state index in [4.69, 9.17) is 5.73 Å². The van der Waals surface area contributed by atoms with Gasteiger partial charge in [0.2, 0.25) is 0 Å². The molecular formula is C9H17N. The van der Waals surface area contributed by atoms with Crippen LogP contribution in [0.4, 0.5) is 0 Å². The van der Waals surface area contributed by atoms with Gasteiger partial charge in [0.25, 0.3) is 0 Å². The zero-order valence-corrected chi connectivity index (χ0v) is 6.77. The number of rotatable bonds is 0.